The van der Waals surface area contributed by atoms with Gasteiger partial charge in [0.2, 0.25) is 5.70 Å². The van der Waals surface area contributed by atoms with Crippen molar-refractivity contribution in [2.45, 2.75) is 130 Å². The fourth-order valence-electron chi connectivity index (χ4n) is 10.8. The smallest absolute Gasteiger partial charge is 0.188 e. The van der Waals surface area contributed by atoms with E-state index in [1.54, 1.807) is 11.1 Å². The minimum absolute atomic E-state index is 0.0495. The molecule has 2 aromatic carbocycles. The van der Waals surface area contributed by atoms with Gasteiger partial charge in [-0.3, -0.25) is 0 Å². The van der Waals surface area contributed by atoms with Crippen molar-refractivity contribution in [3.8, 4) is 11.1 Å². The second-order valence-electron chi connectivity index (χ2n) is 18.7. The highest BCUT2D eigenvalue weighted by Crippen LogP contribution is 2.56. The van der Waals surface area contributed by atoms with E-state index in [2.05, 4.69) is 168 Å². The lowest BCUT2D eigenvalue weighted by Crippen LogP contribution is -2.57. The van der Waals surface area contributed by atoms with Gasteiger partial charge in [0.15, 0.2) is 11.8 Å². The molecule has 7 rings (SSSR count). The summed E-state index contributed by atoms with van der Waals surface area (Å²) in [7, 11) is 0. The van der Waals surface area contributed by atoms with Crippen LogP contribution >= 0.6 is 0 Å². The zero-order valence-corrected chi connectivity index (χ0v) is 37.6. The lowest BCUT2D eigenvalue weighted by Gasteiger charge is -2.49. The topological polar surface area (TPSA) is 3.01 Å². The van der Waals surface area contributed by atoms with E-state index in [1.165, 1.54) is 95.9 Å². The molecule has 2 unspecified atom stereocenters. The number of nitrogens with zero attached hydrogens (tertiary/aromatic N) is 1. The quantitative estimate of drug-likeness (QED) is 0.0960. The maximum Gasteiger partial charge on any atom is 0.205 e. The Kier molecular flexibility index (Phi) is 13.2. The highest BCUT2D eigenvalue weighted by molar-refractivity contribution is 6.07. The summed E-state index contributed by atoms with van der Waals surface area (Å²) >= 11 is 0. The van der Waals surface area contributed by atoms with Gasteiger partial charge < -0.3 is 0 Å². The predicted octanol–water partition coefficient (Wildman–Crippen LogP) is 16.5. The van der Waals surface area contributed by atoms with Crippen LogP contribution in [0.15, 0.2) is 180 Å². The lowest BCUT2D eigenvalue weighted by molar-refractivity contribution is -0.568. The van der Waals surface area contributed by atoms with Crippen molar-refractivity contribution in [2.24, 2.45) is 10.8 Å². The highest BCUT2D eigenvalue weighted by Gasteiger charge is 2.60. The molecule has 60 heavy (non-hydrogen) atoms. The lowest BCUT2D eigenvalue weighted by atomic mass is 9.58. The van der Waals surface area contributed by atoms with Crippen molar-refractivity contribution in [2.75, 3.05) is 0 Å². The first kappa shape index (κ1) is 43.1. The molecule has 1 nitrogen and oxygen atoms in total. The molecule has 0 spiro atoms. The van der Waals surface area contributed by atoms with E-state index in [4.69, 9.17) is 13.2 Å². The number of hydrogen-bond donors (Lipinski definition) is 0. The van der Waals surface area contributed by atoms with Gasteiger partial charge in [-0.05, 0) is 153 Å². The molecule has 310 valence electrons. The van der Waals surface area contributed by atoms with Crippen LogP contribution in [0.1, 0.15) is 136 Å². The Labute approximate surface area is 363 Å². The zero-order chi connectivity index (χ0) is 42.5. The first-order valence-corrected chi connectivity index (χ1v) is 23.1. The van der Waals surface area contributed by atoms with Crippen molar-refractivity contribution in [1.29, 1.82) is 0 Å². The first-order valence-electron chi connectivity index (χ1n) is 23.1. The summed E-state index contributed by atoms with van der Waals surface area (Å²) in [5.41, 5.74) is 17.1. The standard InChI is InChI=1S/C59H70N/c1-10-58(9)56(40-53-41-57(7,8)55-36-21-20-35-54(53)55)44(5)45(6)60(59(58,11-2)12-3)42-43(4)48-30-23-32-50(38-48)52-34-24-33-51(39-52)49-31-22-29-47(37-49)28-17-14-13-16-25-46-26-18-15-19-27-46/h11,18,20,23-24,26-27,29-30,32-35,37-42H,2,4-6,10,12-17,19,21-22,25,28,31,36H2,1,3,7-9H3/q+1/b56-40+,60-42+. The molecule has 0 saturated carbocycles. The van der Waals surface area contributed by atoms with Gasteiger partial charge in [-0.2, -0.15) is 4.58 Å². The van der Waals surface area contributed by atoms with Gasteiger partial charge in [0, 0.05) is 23.0 Å². The van der Waals surface area contributed by atoms with Gasteiger partial charge in [-0.1, -0.05) is 162 Å². The maximum atomic E-state index is 4.75. The van der Waals surface area contributed by atoms with E-state index < -0.39 is 5.54 Å². The van der Waals surface area contributed by atoms with E-state index in [9.17, 15) is 0 Å². The Hall–Kier alpha value is -5.01. The van der Waals surface area contributed by atoms with Crippen LogP contribution in [0.3, 0.4) is 0 Å². The van der Waals surface area contributed by atoms with E-state index in [0.717, 1.165) is 60.9 Å². The number of unbranched alkanes of at least 4 members (excludes halogenated alkanes) is 3. The van der Waals surface area contributed by atoms with Crippen LogP contribution in [0.2, 0.25) is 0 Å². The SMILES string of the molecule is C=CC1(CC)/[N+](=C/C(=C)c2cccc(-c3cccc(C4=CC(CCCCCCC5=CCCC=C5)=CCC4)c3)c2)C(=C)C(=C)/C(=C\C2=CC(C)(C)C3=C2C=CCC3)C1(C)CC. The molecule has 1 saturated heterocycles. The average Bonchev–Trinajstić information content (AvgIpc) is 3.54. The molecular formula is C59H70N+. The summed E-state index contributed by atoms with van der Waals surface area (Å²) in [6.45, 7) is 30.4. The van der Waals surface area contributed by atoms with E-state index in [-0.39, 0.29) is 10.8 Å². The largest absolute Gasteiger partial charge is 0.205 e. The summed E-state index contributed by atoms with van der Waals surface area (Å²) in [5.74, 6) is 0. The molecule has 1 aliphatic heterocycles. The molecule has 2 aromatic rings. The van der Waals surface area contributed by atoms with Gasteiger partial charge >= 0.3 is 0 Å². The minimum Gasteiger partial charge on any atom is -0.188 e. The van der Waals surface area contributed by atoms with Crippen molar-refractivity contribution >= 4 is 17.4 Å². The van der Waals surface area contributed by atoms with Gasteiger partial charge in [-0.15, -0.1) is 0 Å². The van der Waals surface area contributed by atoms with Crippen molar-refractivity contribution < 1.29 is 4.58 Å². The molecule has 1 fully saturated rings. The fourth-order valence-corrected chi connectivity index (χ4v) is 10.8. The van der Waals surface area contributed by atoms with Crippen LogP contribution in [0.5, 0.6) is 0 Å². The van der Waals surface area contributed by atoms with Crippen LogP contribution in [0, 0.1) is 10.8 Å². The predicted molar refractivity (Wildman–Crippen MR) is 262 cm³/mol. The molecule has 1 heteroatoms. The molecule has 0 bridgehead atoms. The molecular weight excluding hydrogens is 723 g/mol. The number of benzene rings is 2. The monoisotopic (exact) mass is 793 g/mol. The Morgan fingerprint density at radius 2 is 1.47 bits per heavy atom. The molecule has 0 radical (unpaired) electrons. The Morgan fingerprint density at radius 1 is 0.767 bits per heavy atom. The Balaban J connectivity index is 1.10. The van der Waals surface area contributed by atoms with Crippen LogP contribution < -0.4 is 0 Å². The highest BCUT2D eigenvalue weighted by atomic mass is 15.1. The summed E-state index contributed by atoms with van der Waals surface area (Å²) in [4.78, 5) is 0. The van der Waals surface area contributed by atoms with Gasteiger partial charge in [0.05, 0.1) is 5.41 Å². The van der Waals surface area contributed by atoms with Crippen LogP contribution in [-0.2, 0) is 0 Å². The normalized spacial score (nSPS) is 24.9. The molecule has 5 aliphatic rings. The van der Waals surface area contributed by atoms with Crippen molar-refractivity contribution in [1.82, 2.24) is 0 Å². The summed E-state index contributed by atoms with van der Waals surface area (Å²) in [6.07, 6.45) is 42.3. The molecule has 0 amide bonds. The van der Waals surface area contributed by atoms with E-state index >= 15 is 0 Å². The molecule has 0 N–H and O–H groups in total. The molecule has 1 heterocycles. The van der Waals surface area contributed by atoms with E-state index in [1.807, 2.05) is 0 Å². The van der Waals surface area contributed by atoms with Crippen LogP contribution in [-0.4, -0.2) is 16.3 Å². The maximum absolute atomic E-state index is 4.75. The summed E-state index contributed by atoms with van der Waals surface area (Å²) < 4.78 is 2.35. The second-order valence-corrected chi connectivity index (χ2v) is 18.7. The van der Waals surface area contributed by atoms with E-state index in [0.29, 0.717) is 0 Å². The summed E-state index contributed by atoms with van der Waals surface area (Å²) in [6, 6.07) is 18.0. The third-order valence-corrected chi connectivity index (χ3v) is 14.6. The average molecular weight is 793 g/mol. The molecule has 0 aromatic heterocycles. The number of allylic oxidation sites excluding steroid dienone is 17. The molecule has 4 aliphatic carbocycles. The number of piperidine rings is 1. The van der Waals surface area contributed by atoms with Gasteiger partial charge in [-0.25, -0.2) is 0 Å². The van der Waals surface area contributed by atoms with Crippen molar-refractivity contribution in [3.05, 3.63) is 191 Å². The van der Waals surface area contributed by atoms with Gasteiger partial charge in [0.1, 0.15) is 0 Å². The summed E-state index contributed by atoms with van der Waals surface area (Å²) in [5, 5.41) is 0. The Bertz CT molecular complexity index is 2340. The van der Waals surface area contributed by atoms with Crippen LogP contribution in [0.4, 0.5) is 0 Å². The van der Waals surface area contributed by atoms with Gasteiger partial charge in [0.25, 0.3) is 0 Å². The third kappa shape index (κ3) is 8.48. The number of rotatable bonds is 15. The van der Waals surface area contributed by atoms with Crippen molar-refractivity contribution in [3.63, 3.8) is 0 Å². The first-order chi connectivity index (χ1) is 28.9. The fraction of sp³-hybridized carbons (Fsp3) is 0.373. The number of hydrogen-bond acceptors (Lipinski definition) is 0. The third-order valence-electron chi connectivity index (χ3n) is 14.6. The van der Waals surface area contributed by atoms with Crippen LogP contribution in [0.25, 0.3) is 22.3 Å². The Morgan fingerprint density at radius 3 is 2.18 bits per heavy atom. The zero-order valence-electron chi connectivity index (χ0n) is 37.6. The molecule has 2 atom stereocenters. The minimum atomic E-state index is -0.430. The second kappa shape index (κ2) is 18.3.